The molecule has 1 amide bonds. The largest absolute Gasteiger partial charge is 0.454 e. The number of ether oxygens (including phenoxy) is 1. The highest BCUT2D eigenvalue weighted by atomic mass is 32.1. The number of hydrogen-bond acceptors (Lipinski definition) is 6. The summed E-state index contributed by atoms with van der Waals surface area (Å²) in [5.41, 5.74) is 1.59. The molecule has 7 heteroatoms. The van der Waals surface area contributed by atoms with E-state index in [4.69, 9.17) is 9.15 Å². The number of esters is 1. The second kappa shape index (κ2) is 6.89. The molecule has 0 atom stereocenters. The third-order valence-corrected chi connectivity index (χ3v) is 5.02. The molecule has 0 aliphatic heterocycles. The van der Waals surface area contributed by atoms with Crippen LogP contribution in [0.2, 0.25) is 0 Å². The molecule has 0 unspecified atom stereocenters. The monoisotopic (exact) mass is 344 g/mol. The van der Waals surface area contributed by atoms with Crippen molar-refractivity contribution >= 4 is 28.2 Å². The van der Waals surface area contributed by atoms with Crippen LogP contribution in [0, 0.1) is 18.3 Å². The SMILES string of the molecule is Cc1ccc(C(=O)OCC(=O)Nc2sc3c(c2C#N)CCCC3)o1. The molecule has 2 aromatic heterocycles. The van der Waals surface area contributed by atoms with Crippen LogP contribution in [-0.2, 0) is 22.4 Å². The molecule has 124 valence electrons. The van der Waals surface area contributed by atoms with Crippen LogP contribution in [0.3, 0.4) is 0 Å². The average molecular weight is 344 g/mol. The summed E-state index contributed by atoms with van der Waals surface area (Å²) >= 11 is 1.44. The summed E-state index contributed by atoms with van der Waals surface area (Å²) in [6, 6.07) is 5.32. The zero-order valence-corrected chi connectivity index (χ0v) is 14.0. The molecule has 2 aromatic rings. The number of nitrogens with one attached hydrogen (secondary N) is 1. The summed E-state index contributed by atoms with van der Waals surface area (Å²) in [7, 11) is 0. The molecular formula is C17H16N2O4S. The molecule has 0 saturated heterocycles. The first kappa shape index (κ1) is 16.3. The Labute approximate surface area is 143 Å². The van der Waals surface area contributed by atoms with Gasteiger partial charge in [-0.15, -0.1) is 11.3 Å². The smallest absolute Gasteiger partial charge is 0.374 e. The van der Waals surface area contributed by atoms with E-state index >= 15 is 0 Å². The number of rotatable bonds is 4. The van der Waals surface area contributed by atoms with E-state index in [1.165, 1.54) is 17.4 Å². The van der Waals surface area contributed by atoms with E-state index in [1.807, 2.05) is 0 Å². The molecule has 0 radical (unpaired) electrons. The van der Waals surface area contributed by atoms with E-state index in [-0.39, 0.29) is 5.76 Å². The number of fused-ring (bicyclic) bond motifs is 1. The minimum absolute atomic E-state index is 0.0598. The van der Waals surface area contributed by atoms with Crippen molar-refractivity contribution in [2.75, 3.05) is 11.9 Å². The fraction of sp³-hybridized carbons (Fsp3) is 0.353. The van der Waals surface area contributed by atoms with Crippen molar-refractivity contribution in [1.82, 2.24) is 0 Å². The number of thiophene rings is 1. The first-order valence-corrected chi connectivity index (χ1v) is 8.48. The van der Waals surface area contributed by atoms with Crippen LogP contribution in [-0.4, -0.2) is 18.5 Å². The van der Waals surface area contributed by atoms with Gasteiger partial charge in [0.1, 0.15) is 16.8 Å². The van der Waals surface area contributed by atoms with Gasteiger partial charge >= 0.3 is 5.97 Å². The summed E-state index contributed by atoms with van der Waals surface area (Å²) in [6.45, 7) is 1.29. The van der Waals surface area contributed by atoms with Crippen molar-refractivity contribution in [3.63, 3.8) is 0 Å². The zero-order chi connectivity index (χ0) is 17.1. The van der Waals surface area contributed by atoms with Gasteiger partial charge in [-0.1, -0.05) is 0 Å². The Balaban J connectivity index is 1.62. The van der Waals surface area contributed by atoms with E-state index in [0.29, 0.717) is 16.3 Å². The molecule has 6 nitrogen and oxygen atoms in total. The number of hydrogen-bond donors (Lipinski definition) is 1. The molecule has 3 rings (SSSR count). The van der Waals surface area contributed by atoms with Crippen molar-refractivity contribution in [2.24, 2.45) is 0 Å². The van der Waals surface area contributed by atoms with Crippen molar-refractivity contribution < 1.29 is 18.7 Å². The van der Waals surface area contributed by atoms with Crippen molar-refractivity contribution in [2.45, 2.75) is 32.6 Å². The minimum atomic E-state index is -0.691. The molecular weight excluding hydrogens is 328 g/mol. The Morgan fingerprint density at radius 1 is 1.38 bits per heavy atom. The Morgan fingerprint density at radius 2 is 2.17 bits per heavy atom. The number of carbonyl (C=O) groups excluding carboxylic acids is 2. The number of anilines is 1. The standard InChI is InChI=1S/C17H16N2O4S/c1-10-6-7-13(23-10)17(21)22-9-15(20)19-16-12(8-18)11-4-2-3-5-14(11)24-16/h6-7H,2-5,9H2,1H3,(H,19,20). The maximum atomic E-state index is 12.0. The van der Waals surface area contributed by atoms with Crippen molar-refractivity contribution in [1.29, 1.82) is 5.26 Å². The fourth-order valence-electron chi connectivity index (χ4n) is 2.68. The van der Waals surface area contributed by atoms with Gasteiger partial charge in [0.2, 0.25) is 5.76 Å². The second-order valence-electron chi connectivity index (χ2n) is 5.56. The fourth-order valence-corrected chi connectivity index (χ4v) is 3.94. The van der Waals surface area contributed by atoms with Crippen LogP contribution in [0.4, 0.5) is 5.00 Å². The number of nitriles is 1. The van der Waals surface area contributed by atoms with Gasteiger partial charge in [-0.3, -0.25) is 4.79 Å². The molecule has 2 heterocycles. The molecule has 24 heavy (non-hydrogen) atoms. The quantitative estimate of drug-likeness (QED) is 0.860. The van der Waals surface area contributed by atoms with Gasteiger partial charge in [0, 0.05) is 4.88 Å². The summed E-state index contributed by atoms with van der Waals surface area (Å²) in [6.07, 6.45) is 3.98. The molecule has 1 aliphatic carbocycles. The van der Waals surface area contributed by atoms with Crippen LogP contribution in [0.15, 0.2) is 16.5 Å². The summed E-state index contributed by atoms with van der Waals surface area (Å²) in [4.78, 5) is 24.9. The van der Waals surface area contributed by atoms with E-state index in [1.54, 1.807) is 13.0 Å². The third-order valence-electron chi connectivity index (χ3n) is 3.81. The Kier molecular flexibility index (Phi) is 4.67. The molecule has 1 N–H and O–H groups in total. The van der Waals surface area contributed by atoms with E-state index in [9.17, 15) is 14.9 Å². The molecule has 0 bridgehead atoms. The normalized spacial score (nSPS) is 13.0. The van der Waals surface area contributed by atoms with Gasteiger partial charge in [-0.2, -0.15) is 5.26 Å². The third kappa shape index (κ3) is 3.34. The van der Waals surface area contributed by atoms with Crippen molar-refractivity contribution in [3.05, 3.63) is 39.7 Å². The summed E-state index contributed by atoms with van der Waals surface area (Å²) in [5.74, 6) is -0.509. The first-order valence-electron chi connectivity index (χ1n) is 7.66. The van der Waals surface area contributed by atoms with Gasteiger partial charge in [-0.25, -0.2) is 4.79 Å². The predicted molar refractivity (Wildman–Crippen MR) is 88.0 cm³/mol. The molecule has 0 spiro atoms. The maximum Gasteiger partial charge on any atom is 0.374 e. The molecule has 0 fully saturated rings. The lowest BCUT2D eigenvalue weighted by atomic mass is 9.96. The van der Waals surface area contributed by atoms with E-state index in [0.717, 1.165) is 36.1 Å². The van der Waals surface area contributed by atoms with Crippen LogP contribution >= 0.6 is 11.3 Å². The number of furan rings is 1. The lowest BCUT2D eigenvalue weighted by Gasteiger charge is -2.09. The lowest BCUT2D eigenvalue weighted by Crippen LogP contribution is -2.20. The van der Waals surface area contributed by atoms with Crippen molar-refractivity contribution in [3.8, 4) is 6.07 Å². The Bertz CT molecular complexity index is 828. The molecule has 0 aromatic carbocycles. The van der Waals surface area contributed by atoms with Gasteiger partial charge in [0.25, 0.3) is 5.91 Å². The van der Waals surface area contributed by atoms with Gasteiger partial charge in [0.05, 0.1) is 5.56 Å². The highest BCUT2D eigenvalue weighted by Gasteiger charge is 2.22. The highest BCUT2D eigenvalue weighted by molar-refractivity contribution is 7.16. The number of aryl methyl sites for hydroxylation is 2. The molecule has 1 aliphatic rings. The van der Waals surface area contributed by atoms with E-state index < -0.39 is 18.5 Å². The van der Waals surface area contributed by atoms with Gasteiger partial charge < -0.3 is 14.5 Å². The molecule has 0 saturated carbocycles. The summed E-state index contributed by atoms with van der Waals surface area (Å²) in [5, 5.41) is 12.6. The van der Waals surface area contributed by atoms with Gasteiger partial charge in [-0.05, 0) is 50.3 Å². The number of carbonyl (C=O) groups is 2. The van der Waals surface area contributed by atoms with Crippen LogP contribution in [0.25, 0.3) is 0 Å². The highest BCUT2D eigenvalue weighted by Crippen LogP contribution is 2.37. The van der Waals surface area contributed by atoms with E-state index in [2.05, 4.69) is 11.4 Å². The van der Waals surface area contributed by atoms with Gasteiger partial charge in [0.15, 0.2) is 6.61 Å². The topological polar surface area (TPSA) is 92.3 Å². The number of nitrogens with zero attached hydrogens (tertiary/aromatic N) is 1. The zero-order valence-electron chi connectivity index (χ0n) is 13.2. The maximum absolute atomic E-state index is 12.0. The average Bonchev–Trinajstić information content (AvgIpc) is 3.15. The second-order valence-corrected chi connectivity index (χ2v) is 6.67. The van der Waals surface area contributed by atoms with Crippen LogP contribution in [0.5, 0.6) is 0 Å². The predicted octanol–water partition coefficient (Wildman–Crippen LogP) is 3.20. The minimum Gasteiger partial charge on any atom is -0.454 e. The lowest BCUT2D eigenvalue weighted by molar-refractivity contribution is -0.119. The van der Waals surface area contributed by atoms with Crippen LogP contribution in [0.1, 0.15) is 45.2 Å². The van der Waals surface area contributed by atoms with Crippen LogP contribution < -0.4 is 5.32 Å². The summed E-state index contributed by atoms with van der Waals surface area (Å²) < 4.78 is 10.1. The first-order chi connectivity index (χ1) is 11.6. The Hall–Kier alpha value is -2.59. The Morgan fingerprint density at radius 3 is 2.88 bits per heavy atom. The number of amides is 1.